The van der Waals surface area contributed by atoms with Crippen molar-refractivity contribution < 1.29 is 0 Å². The lowest BCUT2D eigenvalue weighted by Gasteiger charge is -2.18. The molecule has 0 saturated carbocycles. The van der Waals surface area contributed by atoms with Crippen molar-refractivity contribution in [3.8, 4) is 152 Å². The van der Waals surface area contributed by atoms with Crippen LogP contribution in [0.1, 0.15) is 5.56 Å². The Morgan fingerprint density at radius 2 is 0.419 bits per heavy atom. The van der Waals surface area contributed by atoms with Gasteiger partial charge in [0.15, 0.2) is 34.9 Å². The summed E-state index contributed by atoms with van der Waals surface area (Å²) in [4.78, 5) is 31.7. The van der Waals surface area contributed by atoms with E-state index in [9.17, 15) is 5.26 Å². The monoisotopic (exact) mass is 1100 g/mol. The summed E-state index contributed by atoms with van der Waals surface area (Å²) in [5.41, 5.74) is 19.9. The molecule has 0 aliphatic carbocycles. The van der Waals surface area contributed by atoms with Gasteiger partial charge < -0.3 is 0 Å². The second-order valence-corrected chi connectivity index (χ2v) is 20.8. The normalized spacial score (nSPS) is 11.0. The Morgan fingerprint density at radius 1 is 0.174 bits per heavy atom. The minimum absolute atomic E-state index is 0.540. The van der Waals surface area contributed by atoms with Gasteiger partial charge in [0.1, 0.15) is 0 Å². The van der Waals surface area contributed by atoms with Gasteiger partial charge in [0.25, 0.3) is 0 Å². The van der Waals surface area contributed by atoms with Crippen molar-refractivity contribution in [2.75, 3.05) is 0 Å². The minimum Gasteiger partial charge on any atom is -0.208 e. The topological polar surface area (TPSA) is 101 Å². The summed E-state index contributed by atoms with van der Waals surface area (Å²) >= 11 is 0. The Bertz CT molecular complexity index is 4590. The third kappa shape index (κ3) is 10.4. The standard InChI is InChI=1S/C79H51N7/c80-52-61-32-13-14-37-66(61)68-43-23-42-67(57-44-48-59(49-45-57)74-81-76(69-38-19-15-33-62(69)53-24-5-1-6-25-53)85-77(82-74)70-39-20-16-34-63(70)54-26-7-2-8-27-54)73(68)58-46-50-60(51-47-58)75-83-78(71-40-21-17-35-64(71)55-28-9-3-10-29-55)86-79(84-75)72-41-22-18-36-65(72)56-30-11-4-12-31-56/h1-51H. The van der Waals surface area contributed by atoms with Crippen LogP contribution in [0.25, 0.3) is 146 Å². The second-order valence-electron chi connectivity index (χ2n) is 20.8. The molecule has 0 spiro atoms. The molecule has 2 heterocycles. The summed E-state index contributed by atoms with van der Waals surface area (Å²) < 4.78 is 0. The van der Waals surface area contributed by atoms with E-state index >= 15 is 0 Å². The fourth-order valence-electron chi connectivity index (χ4n) is 11.4. The summed E-state index contributed by atoms with van der Waals surface area (Å²) in [6, 6.07) is 108. The van der Waals surface area contributed by atoms with Crippen molar-refractivity contribution in [3.05, 3.63) is 315 Å². The highest BCUT2D eigenvalue weighted by Crippen LogP contribution is 2.44. The number of rotatable bonds is 13. The minimum atomic E-state index is 0.540. The van der Waals surface area contributed by atoms with E-state index in [1.165, 1.54) is 0 Å². The zero-order valence-corrected chi connectivity index (χ0v) is 46.6. The summed E-state index contributed by atoms with van der Waals surface area (Å²) in [7, 11) is 0. The molecule has 2 aromatic heterocycles. The van der Waals surface area contributed by atoms with Crippen molar-refractivity contribution in [2.45, 2.75) is 0 Å². The van der Waals surface area contributed by atoms with Crippen molar-refractivity contribution in [2.24, 2.45) is 0 Å². The molecule has 0 aliphatic heterocycles. The van der Waals surface area contributed by atoms with E-state index < -0.39 is 0 Å². The molecule has 0 fully saturated rings. The number of nitrogens with zero attached hydrogens (tertiary/aromatic N) is 7. The maximum absolute atomic E-state index is 10.5. The van der Waals surface area contributed by atoms with E-state index in [1.54, 1.807) is 0 Å². The average molecular weight is 1100 g/mol. The maximum Gasteiger partial charge on any atom is 0.164 e. The van der Waals surface area contributed by atoms with Gasteiger partial charge in [-0.05, 0) is 78.4 Å². The Morgan fingerprint density at radius 3 is 0.767 bits per heavy atom. The fourth-order valence-corrected chi connectivity index (χ4v) is 11.4. The van der Waals surface area contributed by atoms with Crippen LogP contribution in [0.5, 0.6) is 0 Å². The number of hydrogen-bond donors (Lipinski definition) is 0. The Kier molecular flexibility index (Phi) is 14.3. The van der Waals surface area contributed by atoms with Crippen LogP contribution < -0.4 is 0 Å². The van der Waals surface area contributed by atoms with Gasteiger partial charge in [-0.3, -0.25) is 0 Å². The third-order valence-electron chi connectivity index (χ3n) is 15.6. The lowest BCUT2D eigenvalue weighted by molar-refractivity contribution is 1.07. The van der Waals surface area contributed by atoms with Gasteiger partial charge >= 0.3 is 0 Å². The summed E-state index contributed by atoms with van der Waals surface area (Å²) in [5.74, 6) is 3.37. The highest BCUT2D eigenvalue weighted by atomic mass is 15.0. The fraction of sp³-hybridized carbons (Fsp3) is 0. The second kappa shape index (κ2) is 23.6. The molecule has 0 radical (unpaired) electrons. The van der Waals surface area contributed by atoms with Crippen molar-refractivity contribution in [1.82, 2.24) is 29.9 Å². The van der Waals surface area contributed by atoms with Gasteiger partial charge in [-0.2, -0.15) is 5.26 Å². The molecule has 0 saturated heterocycles. The van der Waals surface area contributed by atoms with Crippen molar-refractivity contribution >= 4 is 0 Å². The van der Waals surface area contributed by atoms with E-state index in [0.29, 0.717) is 40.5 Å². The average Bonchev–Trinajstić information content (AvgIpc) is 1.88. The molecule has 12 aromatic carbocycles. The predicted octanol–water partition coefficient (Wildman–Crippen LogP) is 19.6. The molecule has 7 nitrogen and oxygen atoms in total. The molecule has 0 N–H and O–H groups in total. The number of nitriles is 1. The lowest BCUT2D eigenvalue weighted by Crippen LogP contribution is -2.02. The Labute approximate surface area is 499 Å². The Balaban J connectivity index is 0.896. The van der Waals surface area contributed by atoms with Crippen molar-refractivity contribution in [3.63, 3.8) is 0 Å². The molecule has 14 rings (SSSR count). The van der Waals surface area contributed by atoms with Gasteiger partial charge in [-0.1, -0.05) is 303 Å². The predicted molar refractivity (Wildman–Crippen MR) is 349 cm³/mol. The molecule has 0 amide bonds. The van der Waals surface area contributed by atoms with Gasteiger partial charge in [-0.15, -0.1) is 0 Å². The quantitative estimate of drug-likeness (QED) is 0.113. The maximum atomic E-state index is 10.5. The first-order chi connectivity index (χ1) is 42.6. The summed E-state index contributed by atoms with van der Waals surface area (Å²) in [6.45, 7) is 0. The Hall–Kier alpha value is -11.9. The van der Waals surface area contributed by atoms with Gasteiger partial charge in [0, 0.05) is 38.9 Å². The van der Waals surface area contributed by atoms with Gasteiger partial charge in [0.05, 0.1) is 11.6 Å². The van der Waals surface area contributed by atoms with E-state index in [-0.39, 0.29) is 0 Å². The molecule has 0 aliphatic rings. The SMILES string of the molecule is N#Cc1ccccc1-c1cccc(-c2ccc(-c3nc(-c4ccccc4-c4ccccc4)nc(-c4ccccc4-c4ccccc4)n3)cc2)c1-c1ccc(-c2nc(-c3ccccc3-c3ccccc3)nc(-c3ccccc3-c3ccccc3)n2)cc1. The first kappa shape index (κ1) is 52.2. The largest absolute Gasteiger partial charge is 0.208 e. The molecule has 14 aromatic rings. The lowest BCUT2D eigenvalue weighted by atomic mass is 9.86. The smallest absolute Gasteiger partial charge is 0.164 e. The van der Waals surface area contributed by atoms with Crippen LogP contribution in [-0.2, 0) is 0 Å². The third-order valence-corrected chi connectivity index (χ3v) is 15.6. The molecule has 7 heteroatoms. The molecule has 86 heavy (non-hydrogen) atoms. The van der Waals surface area contributed by atoms with Crippen LogP contribution >= 0.6 is 0 Å². The number of hydrogen-bond acceptors (Lipinski definition) is 7. The van der Waals surface area contributed by atoms with E-state index in [0.717, 1.165) is 111 Å². The van der Waals surface area contributed by atoms with Crippen LogP contribution in [0, 0.1) is 11.3 Å². The first-order valence-corrected chi connectivity index (χ1v) is 28.6. The molecule has 402 valence electrons. The van der Waals surface area contributed by atoms with Crippen LogP contribution in [0.3, 0.4) is 0 Å². The number of benzene rings is 12. The first-order valence-electron chi connectivity index (χ1n) is 28.6. The summed E-state index contributed by atoms with van der Waals surface area (Å²) in [5, 5.41) is 10.5. The van der Waals surface area contributed by atoms with E-state index in [2.05, 4.69) is 243 Å². The number of aromatic nitrogens is 6. The molecule has 0 bridgehead atoms. The van der Waals surface area contributed by atoms with Gasteiger partial charge in [0.2, 0.25) is 0 Å². The van der Waals surface area contributed by atoms with Crippen LogP contribution in [-0.4, -0.2) is 29.9 Å². The zero-order chi connectivity index (χ0) is 57.6. The molecule has 0 unspecified atom stereocenters. The highest BCUT2D eigenvalue weighted by Gasteiger charge is 2.22. The summed E-state index contributed by atoms with van der Waals surface area (Å²) in [6.07, 6.45) is 0. The van der Waals surface area contributed by atoms with E-state index in [4.69, 9.17) is 29.9 Å². The highest BCUT2D eigenvalue weighted by molar-refractivity contribution is 5.97. The zero-order valence-electron chi connectivity index (χ0n) is 46.6. The molecular formula is C79H51N7. The van der Waals surface area contributed by atoms with E-state index in [1.807, 2.05) is 72.8 Å². The van der Waals surface area contributed by atoms with Crippen LogP contribution in [0.2, 0.25) is 0 Å². The molecule has 0 atom stereocenters. The molecular weight excluding hydrogens is 1050 g/mol. The van der Waals surface area contributed by atoms with Crippen LogP contribution in [0.15, 0.2) is 309 Å². The van der Waals surface area contributed by atoms with Crippen molar-refractivity contribution in [1.29, 1.82) is 5.26 Å². The van der Waals surface area contributed by atoms with Crippen LogP contribution in [0.4, 0.5) is 0 Å². The van der Waals surface area contributed by atoms with Gasteiger partial charge in [-0.25, -0.2) is 29.9 Å².